The Morgan fingerprint density at radius 3 is 2.11 bits per heavy atom. The number of nitrogens with zero attached hydrogens (tertiary/aromatic N) is 2. The molecule has 0 unspecified atom stereocenters. The van der Waals surface area contributed by atoms with Gasteiger partial charge in [-0.25, -0.2) is 0 Å². The molecule has 0 bridgehead atoms. The van der Waals surface area contributed by atoms with Gasteiger partial charge in [0, 0.05) is 36.2 Å². The fourth-order valence-electron chi connectivity index (χ4n) is 2.76. The molecule has 0 saturated carbocycles. The fourth-order valence-corrected chi connectivity index (χ4v) is 3.25. The minimum absolute atomic E-state index is 0.0598. The second kappa shape index (κ2) is 8.83. The molecule has 8 heteroatoms. The van der Waals surface area contributed by atoms with Crippen molar-refractivity contribution in [1.29, 1.82) is 0 Å². The third-order valence-electron chi connectivity index (χ3n) is 4.25. The van der Waals surface area contributed by atoms with Gasteiger partial charge in [-0.1, -0.05) is 34.8 Å². The van der Waals surface area contributed by atoms with E-state index in [1.165, 1.54) is 0 Å². The zero-order valence-electron chi connectivity index (χ0n) is 14.3. The molecule has 3 rings (SSSR count). The molecular weight excluding hydrogens is 411 g/mol. The van der Waals surface area contributed by atoms with E-state index in [1.54, 1.807) is 52.3 Å². The van der Waals surface area contributed by atoms with Crippen LogP contribution in [0.4, 0.5) is 0 Å². The van der Waals surface area contributed by atoms with Gasteiger partial charge in [0.05, 0.1) is 10.6 Å². The second-order valence-electron chi connectivity index (χ2n) is 6.04. The van der Waals surface area contributed by atoms with Crippen LogP contribution < -0.4 is 4.74 Å². The van der Waals surface area contributed by atoms with Gasteiger partial charge >= 0.3 is 0 Å². The summed E-state index contributed by atoms with van der Waals surface area (Å²) >= 11 is 17.9. The van der Waals surface area contributed by atoms with E-state index in [4.69, 9.17) is 39.5 Å². The smallest absolute Gasteiger partial charge is 0.260 e. The van der Waals surface area contributed by atoms with Crippen LogP contribution in [-0.2, 0) is 4.79 Å². The molecule has 5 nitrogen and oxygen atoms in total. The summed E-state index contributed by atoms with van der Waals surface area (Å²) in [6, 6.07) is 11.6. The number of ether oxygens (including phenoxy) is 1. The Labute approximate surface area is 172 Å². The normalized spacial score (nSPS) is 14.2. The van der Waals surface area contributed by atoms with Crippen LogP contribution in [0.5, 0.6) is 5.75 Å². The molecule has 1 saturated heterocycles. The SMILES string of the molecule is O=C(COc1ccc(Cl)cc1)N1CCN(C(=O)c2cc(Cl)ccc2Cl)CC1. The Balaban J connectivity index is 1.52. The van der Waals surface area contributed by atoms with Crippen LogP contribution in [0.1, 0.15) is 10.4 Å². The molecule has 0 aliphatic carbocycles. The topological polar surface area (TPSA) is 49.9 Å². The first-order chi connectivity index (χ1) is 12.9. The van der Waals surface area contributed by atoms with Crippen LogP contribution in [0, 0.1) is 0 Å². The molecule has 0 radical (unpaired) electrons. The van der Waals surface area contributed by atoms with Crippen LogP contribution in [0.2, 0.25) is 15.1 Å². The Morgan fingerprint density at radius 2 is 1.44 bits per heavy atom. The number of rotatable bonds is 4. The van der Waals surface area contributed by atoms with Crippen LogP contribution in [0.15, 0.2) is 42.5 Å². The van der Waals surface area contributed by atoms with Gasteiger partial charge < -0.3 is 14.5 Å². The van der Waals surface area contributed by atoms with Crippen LogP contribution in [0.3, 0.4) is 0 Å². The van der Waals surface area contributed by atoms with E-state index in [0.29, 0.717) is 52.6 Å². The lowest BCUT2D eigenvalue weighted by atomic mass is 10.1. The standard InChI is InChI=1S/C19H17Cl3N2O3/c20-13-1-4-15(5-2-13)27-12-18(25)23-7-9-24(10-8-23)19(26)16-11-14(21)3-6-17(16)22/h1-6,11H,7-10,12H2. The maximum Gasteiger partial charge on any atom is 0.260 e. The van der Waals surface area contributed by atoms with Gasteiger partial charge in [0.2, 0.25) is 0 Å². The van der Waals surface area contributed by atoms with Crippen molar-refractivity contribution in [3.63, 3.8) is 0 Å². The van der Waals surface area contributed by atoms with Gasteiger partial charge in [0.25, 0.3) is 11.8 Å². The van der Waals surface area contributed by atoms with Gasteiger partial charge in [0.1, 0.15) is 5.75 Å². The molecule has 0 N–H and O–H groups in total. The van der Waals surface area contributed by atoms with E-state index in [1.807, 2.05) is 0 Å². The van der Waals surface area contributed by atoms with Gasteiger partial charge in [-0.3, -0.25) is 9.59 Å². The first-order valence-electron chi connectivity index (χ1n) is 8.34. The number of piperazine rings is 1. The zero-order valence-corrected chi connectivity index (χ0v) is 16.6. The summed E-state index contributed by atoms with van der Waals surface area (Å²) in [7, 11) is 0. The highest BCUT2D eigenvalue weighted by Crippen LogP contribution is 2.23. The van der Waals surface area contributed by atoms with Crippen molar-refractivity contribution < 1.29 is 14.3 Å². The van der Waals surface area contributed by atoms with Gasteiger partial charge in [-0.15, -0.1) is 0 Å². The zero-order chi connectivity index (χ0) is 19.4. The molecule has 2 amide bonds. The molecule has 2 aromatic carbocycles. The van der Waals surface area contributed by atoms with Crippen molar-refractivity contribution in [2.75, 3.05) is 32.8 Å². The Morgan fingerprint density at radius 1 is 0.852 bits per heavy atom. The van der Waals surface area contributed by atoms with Gasteiger partial charge in [-0.05, 0) is 42.5 Å². The number of hydrogen-bond acceptors (Lipinski definition) is 3. The monoisotopic (exact) mass is 426 g/mol. The largest absolute Gasteiger partial charge is 0.484 e. The first-order valence-corrected chi connectivity index (χ1v) is 9.48. The summed E-state index contributed by atoms with van der Waals surface area (Å²) in [5.41, 5.74) is 0.370. The van der Waals surface area contributed by atoms with Crippen LogP contribution in [0.25, 0.3) is 0 Å². The van der Waals surface area contributed by atoms with Gasteiger partial charge in [-0.2, -0.15) is 0 Å². The predicted octanol–water partition coefficient (Wildman–Crippen LogP) is 4.01. The van der Waals surface area contributed by atoms with Crippen LogP contribution in [-0.4, -0.2) is 54.4 Å². The number of carbonyl (C=O) groups is 2. The molecule has 1 heterocycles. The van der Waals surface area contributed by atoms with E-state index in [2.05, 4.69) is 0 Å². The maximum atomic E-state index is 12.6. The average Bonchev–Trinajstić information content (AvgIpc) is 2.69. The second-order valence-corrected chi connectivity index (χ2v) is 7.32. The predicted molar refractivity (Wildman–Crippen MR) is 106 cm³/mol. The molecule has 27 heavy (non-hydrogen) atoms. The molecule has 1 fully saturated rings. The molecule has 0 atom stereocenters. The minimum Gasteiger partial charge on any atom is -0.484 e. The molecule has 2 aromatic rings. The van der Waals surface area contributed by atoms with Gasteiger partial charge in [0.15, 0.2) is 6.61 Å². The fraction of sp³-hybridized carbons (Fsp3) is 0.263. The summed E-state index contributed by atoms with van der Waals surface area (Å²) in [5, 5.41) is 1.42. The third kappa shape index (κ3) is 5.06. The molecule has 0 aromatic heterocycles. The summed E-state index contributed by atoms with van der Waals surface area (Å²) in [6.07, 6.45) is 0. The summed E-state index contributed by atoms with van der Waals surface area (Å²) < 4.78 is 5.49. The number of hydrogen-bond donors (Lipinski definition) is 0. The Bertz CT molecular complexity index is 835. The number of carbonyl (C=O) groups excluding carboxylic acids is 2. The quantitative estimate of drug-likeness (QED) is 0.741. The van der Waals surface area contributed by atoms with E-state index < -0.39 is 0 Å². The lowest BCUT2D eigenvalue weighted by Crippen LogP contribution is -2.51. The third-order valence-corrected chi connectivity index (χ3v) is 5.07. The summed E-state index contributed by atoms with van der Waals surface area (Å²) in [4.78, 5) is 28.3. The minimum atomic E-state index is -0.188. The highest BCUT2D eigenvalue weighted by Gasteiger charge is 2.26. The maximum absolute atomic E-state index is 12.6. The lowest BCUT2D eigenvalue weighted by Gasteiger charge is -2.34. The highest BCUT2D eigenvalue weighted by molar-refractivity contribution is 6.35. The number of benzene rings is 2. The summed E-state index contributed by atoms with van der Waals surface area (Å²) in [5.74, 6) is 0.266. The van der Waals surface area contributed by atoms with Crippen molar-refractivity contribution in [2.24, 2.45) is 0 Å². The van der Waals surface area contributed by atoms with E-state index in [-0.39, 0.29) is 18.4 Å². The molecule has 142 valence electrons. The summed E-state index contributed by atoms with van der Waals surface area (Å²) in [6.45, 7) is 1.66. The van der Waals surface area contributed by atoms with Crippen molar-refractivity contribution in [3.8, 4) is 5.75 Å². The molecule has 1 aliphatic heterocycles. The Kier molecular flexibility index (Phi) is 6.47. The lowest BCUT2D eigenvalue weighted by molar-refractivity contribution is -0.134. The van der Waals surface area contributed by atoms with Crippen molar-refractivity contribution in [2.45, 2.75) is 0 Å². The van der Waals surface area contributed by atoms with Crippen molar-refractivity contribution in [1.82, 2.24) is 9.80 Å². The molecular formula is C19H17Cl3N2O3. The molecule has 0 spiro atoms. The van der Waals surface area contributed by atoms with Crippen molar-refractivity contribution >= 4 is 46.6 Å². The molecule has 1 aliphatic rings. The van der Waals surface area contributed by atoms with E-state index >= 15 is 0 Å². The van der Waals surface area contributed by atoms with E-state index in [0.717, 1.165) is 0 Å². The average molecular weight is 428 g/mol. The van der Waals surface area contributed by atoms with E-state index in [9.17, 15) is 9.59 Å². The Hall–Kier alpha value is -1.95. The number of amides is 2. The highest BCUT2D eigenvalue weighted by atomic mass is 35.5. The van der Waals surface area contributed by atoms with Crippen molar-refractivity contribution in [3.05, 3.63) is 63.1 Å². The first kappa shape index (κ1) is 19.8. The van der Waals surface area contributed by atoms with Crippen LogP contribution >= 0.6 is 34.8 Å². The number of halogens is 3.